The maximum Gasteiger partial charge on any atom is 0.271 e. The normalized spacial score (nSPS) is 16.5. The van der Waals surface area contributed by atoms with Gasteiger partial charge in [-0.2, -0.15) is 0 Å². The Hall–Kier alpha value is -1.16. The maximum atomic E-state index is 11.7. The smallest absolute Gasteiger partial charge is 0.271 e. The van der Waals surface area contributed by atoms with Gasteiger partial charge in [-0.15, -0.1) is 10.2 Å². The van der Waals surface area contributed by atoms with E-state index in [1.807, 2.05) is 0 Å². The zero-order valence-electron chi connectivity index (χ0n) is 10.4. The van der Waals surface area contributed by atoms with Gasteiger partial charge in [-0.3, -0.25) is 4.79 Å². The second kappa shape index (κ2) is 6.69. The first-order valence-corrected chi connectivity index (χ1v) is 6.91. The van der Waals surface area contributed by atoms with Crippen molar-refractivity contribution in [2.45, 2.75) is 38.5 Å². The van der Waals surface area contributed by atoms with Crippen LogP contribution in [-0.4, -0.2) is 22.6 Å². The zero-order valence-corrected chi connectivity index (χ0v) is 11.1. The third kappa shape index (κ3) is 3.95. The van der Waals surface area contributed by atoms with Crippen LogP contribution in [0.5, 0.6) is 0 Å². The van der Waals surface area contributed by atoms with Gasteiger partial charge >= 0.3 is 0 Å². The summed E-state index contributed by atoms with van der Waals surface area (Å²) in [4.78, 5) is 11.7. The first-order valence-electron chi connectivity index (χ1n) is 6.53. The zero-order chi connectivity index (χ0) is 12.8. The summed E-state index contributed by atoms with van der Waals surface area (Å²) < 4.78 is 0. The van der Waals surface area contributed by atoms with Gasteiger partial charge in [0.2, 0.25) is 0 Å². The molecule has 1 N–H and O–H groups in total. The lowest BCUT2D eigenvalue weighted by atomic mass is 9.87. The predicted octanol–water partition coefficient (Wildman–Crippen LogP) is 2.83. The number of nitrogens with zero attached hydrogens (tertiary/aromatic N) is 2. The molecule has 1 fully saturated rings. The molecular weight excluding hydrogens is 250 g/mol. The van der Waals surface area contributed by atoms with Crippen LogP contribution in [0, 0.1) is 5.92 Å². The summed E-state index contributed by atoms with van der Waals surface area (Å²) in [6.07, 6.45) is 7.70. The highest BCUT2D eigenvalue weighted by Gasteiger charge is 2.14. The number of aromatic nitrogens is 2. The predicted molar refractivity (Wildman–Crippen MR) is 70.6 cm³/mol. The molecule has 1 aliphatic rings. The lowest BCUT2D eigenvalue weighted by molar-refractivity contribution is 0.0944. The summed E-state index contributed by atoms with van der Waals surface area (Å²) in [7, 11) is 0. The number of amides is 1. The minimum Gasteiger partial charge on any atom is -0.351 e. The number of hydrogen-bond acceptors (Lipinski definition) is 3. The fourth-order valence-corrected chi connectivity index (χ4v) is 2.49. The molecule has 4 nitrogen and oxygen atoms in total. The van der Waals surface area contributed by atoms with Crippen LogP contribution >= 0.6 is 11.6 Å². The van der Waals surface area contributed by atoms with E-state index in [0.717, 1.165) is 12.3 Å². The second-order valence-corrected chi connectivity index (χ2v) is 5.18. The van der Waals surface area contributed by atoms with Gasteiger partial charge in [0.1, 0.15) is 0 Å². The molecule has 1 aliphatic carbocycles. The minimum absolute atomic E-state index is 0.171. The molecule has 18 heavy (non-hydrogen) atoms. The van der Waals surface area contributed by atoms with E-state index < -0.39 is 0 Å². The third-order valence-electron chi connectivity index (χ3n) is 3.43. The lowest BCUT2D eigenvalue weighted by Crippen LogP contribution is -2.27. The van der Waals surface area contributed by atoms with Crippen LogP contribution < -0.4 is 5.32 Å². The van der Waals surface area contributed by atoms with Crippen molar-refractivity contribution >= 4 is 17.5 Å². The van der Waals surface area contributed by atoms with Gasteiger partial charge in [0.15, 0.2) is 10.8 Å². The Bertz CT molecular complexity index is 388. The topological polar surface area (TPSA) is 54.9 Å². The van der Waals surface area contributed by atoms with Crippen molar-refractivity contribution in [1.29, 1.82) is 0 Å². The standard InChI is InChI=1S/C13H18ClN3O/c14-12-7-6-11(16-17-12)13(18)15-9-8-10-4-2-1-3-5-10/h6-7,10H,1-5,8-9H2,(H,15,18). The molecule has 0 unspecified atom stereocenters. The summed E-state index contributed by atoms with van der Waals surface area (Å²) >= 11 is 5.62. The van der Waals surface area contributed by atoms with E-state index in [0.29, 0.717) is 17.4 Å². The van der Waals surface area contributed by atoms with Crippen LogP contribution in [0.2, 0.25) is 5.15 Å². The molecule has 0 spiro atoms. The average Bonchev–Trinajstić information content (AvgIpc) is 2.40. The maximum absolute atomic E-state index is 11.7. The first-order chi connectivity index (χ1) is 8.75. The van der Waals surface area contributed by atoms with Crippen molar-refractivity contribution in [3.63, 3.8) is 0 Å². The van der Waals surface area contributed by atoms with E-state index in [4.69, 9.17) is 11.6 Å². The van der Waals surface area contributed by atoms with Gasteiger partial charge in [-0.05, 0) is 24.5 Å². The molecule has 1 amide bonds. The SMILES string of the molecule is O=C(NCCC1CCCCC1)c1ccc(Cl)nn1. The lowest BCUT2D eigenvalue weighted by Gasteiger charge is -2.21. The molecule has 98 valence electrons. The average molecular weight is 268 g/mol. The molecule has 1 saturated carbocycles. The van der Waals surface area contributed by atoms with Crippen LogP contribution in [-0.2, 0) is 0 Å². The van der Waals surface area contributed by atoms with E-state index in [9.17, 15) is 4.79 Å². The molecule has 5 heteroatoms. The van der Waals surface area contributed by atoms with Crippen LogP contribution in [0.25, 0.3) is 0 Å². The van der Waals surface area contributed by atoms with Gasteiger partial charge in [-0.25, -0.2) is 0 Å². The Balaban J connectivity index is 1.72. The third-order valence-corrected chi connectivity index (χ3v) is 3.63. The van der Waals surface area contributed by atoms with Crippen LogP contribution in [0.1, 0.15) is 49.0 Å². The molecule has 0 aromatic carbocycles. The molecule has 1 aromatic rings. The molecule has 0 aliphatic heterocycles. The highest BCUT2D eigenvalue weighted by Crippen LogP contribution is 2.25. The summed E-state index contributed by atoms with van der Waals surface area (Å²) in [5, 5.41) is 10.6. The summed E-state index contributed by atoms with van der Waals surface area (Å²) in [6.45, 7) is 0.716. The quantitative estimate of drug-likeness (QED) is 0.913. The van der Waals surface area contributed by atoms with Gasteiger partial charge < -0.3 is 5.32 Å². The van der Waals surface area contributed by atoms with Crippen molar-refractivity contribution in [3.05, 3.63) is 23.0 Å². The van der Waals surface area contributed by atoms with Crippen molar-refractivity contribution < 1.29 is 4.79 Å². The minimum atomic E-state index is -0.171. The Kier molecular flexibility index (Phi) is 4.93. The van der Waals surface area contributed by atoms with Gasteiger partial charge in [0.05, 0.1) is 0 Å². The number of hydrogen-bond donors (Lipinski definition) is 1. The molecule has 0 atom stereocenters. The molecule has 2 rings (SSSR count). The monoisotopic (exact) mass is 267 g/mol. The second-order valence-electron chi connectivity index (χ2n) is 4.79. The van der Waals surface area contributed by atoms with Crippen LogP contribution in [0.3, 0.4) is 0 Å². The number of halogens is 1. The number of carbonyl (C=O) groups excluding carboxylic acids is 1. The summed E-state index contributed by atoms with van der Waals surface area (Å²) in [5.74, 6) is 0.602. The van der Waals surface area contributed by atoms with Crippen LogP contribution in [0.4, 0.5) is 0 Å². The molecule has 1 heterocycles. The Morgan fingerprint density at radius 1 is 1.28 bits per heavy atom. The molecule has 0 radical (unpaired) electrons. The summed E-state index contributed by atoms with van der Waals surface area (Å²) in [5.41, 5.74) is 0.322. The Morgan fingerprint density at radius 3 is 2.72 bits per heavy atom. The Morgan fingerprint density at radius 2 is 2.06 bits per heavy atom. The van der Waals surface area contributed by atoms with Crippen molar-refractivity contribution in [2.75, 3.05) is 6.54 Å². The number of nitrogens with one attached hydrogen (secondary N) is 1. The highest BCUT2D eigenvalue weighted by atomic mass is 35.5. The van der Waals surface area contributed by atoms with Gasteiger partial charge in [-0.1, -0.05) is 43.7 Å². The van der Waals surface area contributed by atoms with Gasteiger partial charge in [0, 0.05) is 6.54 Å². The van der Waals surface area contributed by atoms with Crippen LogP contribution in [0.15, 0.2) is 12.1 Å². The number of rotatable bonds is 4. The van der Waals surface area contributed by atoms with Crippen molar-refractivity contribution in [2.24, 2.45) is 5.92 Å². The highest BCUT2D eigenvalue weighted by molar-refractivity contribution is 6.29. The summed E-state index contributed by atoms with van der Waals surface area (Å²) in [6, 6.07) is 3.16. The largest absolute Gasteiger partial charge is 0.351 e. The molecular formula is C13H18ClN3O. The fourth-order valence-electron chi connectivity index (χ4n) is 2.39. The van der Waals surface area contributed by atoms with E-state index in [1.54, 1.807) is 12.1 Å². The van der Waals surface area contributed by atoms with E-state index in [-0.39, 0.29) is 5.91 Å². The fraction of sp³-hybridized carbons (Fsp3) is 0.615. The molecule has 0 saturated heterocycles. The number of carbonyl (C=O) groups is 1. The van der Waals surface area contributed by atoms with Gasteiger partial charge in [0.25, 0.3) is 5.91 Å². The first kappa shape index (κ1) is 13.3. The molecule has 1 aromatic heterocycles. The Labute approximate surface area is 112 Å². The van der Waals surface area contributed by atoms with E-state index in [1.165, 1.54) is 32.1 Å². The van der Waals surface area contributed by atoms with Crippen molar-refractivity contribution in [1.82, 2.24) is 15.5 Å². The van der Waals surface area contributed by atoms with Crippen molar-refractivity contribution in [3.8, 4) is 0 Å². The van der Waals surface area contributed by atoms with E-state index in [2.05, 4.69) is 15.5 Å². The van der Waals surface area contributed by atoms with E-state index >= 15 is 0 Å². The molecule has 0 bridgehead atoms.